The summed E-state index contributed by atoms with van der Waals surface area (Å²) in [5.41, 5.74) is 2.58. The van der Waals surface area contributed by atoms with E-state index in [0.717, 1.165) is 31.5 Å². The SMILES string of the molecule is COCCCn1c(=S)[nH]c2cc(C(=O)Nc3cccc(C(=O)N4CCCC4)c3C)ccc2c1=O. The third kappa shape index (κ3) is 4.80. The lowest BCUT2D eigenvalue weighted by Crippen LogP contribution is -2.28. The van der Waals surface area contributed by atoms with Crippen LogP contribution in [0.2, 0.25) is 0 Å². The van der Waals surface area contributed by atoms with Crippen molar-refractivity contribution >= 4 is 40.6 Å². The third-order valence-corrected chi connectivity index (χ3v) is 6.50. The first-order chi connectivity index (χ1) is 16.4. The average molecular weight is 481 g/mol. The molecule has 2 amide bonds. The van der Waals surface area contributed by atoms with Crippen molar-refractivity contribution in [1.29, 1.82) is 0 Å². The fourth-order valence-electron chi connectivity index (χ4n) is 4.25. The van der Waals surface area contributed by atoms with Crippen LogP contribution in [0.3, 0.4) is 0 Å². The molecule has 0 unspecified atom stereocenters. The highest BCUT2D eigenvalue weighted by Crippen LogP contribution is 2.23. The van der Waals surface area contributed by atoms with Gasteiger partial charge in [0, 0.05) is 50.2 Å². The molecule has 1 aliphatic rings. The zero-order chi connectivity index (χ0) is 24.2. The van der Waals surface area contributed by atoms with E-state index < -0.39 is 0 Å². The molecule has 0 saturated carbocycles. The molecule has 1 aliphatic heterocycles. The van der Waals surface area contributed by atoms with Gasteiger partial charge < -0.3 is 19.9 Å². The van der Waals surface area contributed by atoms with Crippen molar-refractivity contribution in [1.82, 2.24) is 14.5 Å². The number of aromatic amines is 1. The van der Waals surface area contributed by atoms with E-state index in [1.54, 1.807) is 43.5 Å². The van der Waals surface area contributed by atoms with Crippen LogP contribution >= 0.6 is 12.2 Å². The van der Waals surface area contributed by atoms with Gasteiger partial charge in [0.1, 0.15) is 0 Å². The monoisotopic (exact) mass is 480 g/mol. The number of fused-ring (bicyclic) bond motifs is 1. The van der Waals surface area contributed by atoms with Crippen molar-refractivity contribution in [2.24, 2.45) is 0 Å². The Balaban J connectivity index is 1.58. The second kappa shape index (κ2) is 10.3. The average Bonchev–Trinajstić information content (AvgIpc) is 3.37. The normalized spacial score (nSPS) is 13.4. The van der Waals surface area contributed by atoms with E-state index in [1.807, 2.05) is 11.8 Å². The molecule has 1 fully saturated rings. The second-order valence-corrected chi connectivity index (χ2v) is 8.81. The molecule has 8 nitrogen and oxygen atoms in total. The van der Waals surface area contributed by atoms with Crippen LogP contribution in [-0.2, 0) is 11.3 Å². The Morgan fingerprint density at radius 2 is 1.94 bits per heavy atom. The molecule has 4 rings (SSSR count). The number of carbonyl (C=O) groups excluding carboxylic acids is 2. The van der Waals surface area contributed by atoms with Crippen LogP contribution < -0.4 is 10.9 Å². The number of ether oxygens (including phenoxy) is 1. The van der Waals surface area contributed by atoms with Gasteiger partial charge in [0.15, 0.2) is 4.77 Å². The van der Waals surface area contributed by atoms with Crippen LogP contribution in [0.5, 0.6) is 0 Å². The van der Waals surface area contributed by atoms with Gasteiger partial charge in [0.2, 0.25) is 0 Å². The highest BCUT2D eigenvalue weighted by atomic mass is 32.1. The number of amides is 2. The largest absolute Gasteiger partial charge is 0.385 e. The first-order valence-corrected chi connectivity index (χ1v) is 11.8. The first kappa shape index (κ1) is 23.8. The van der Waals surface area contributed by atoms with Gasteiger partial charge in [-0.2, -0.15) is 0 Å². The van der Waals surface area contributed by atoms with Gasteiger partial charge in [-0.05, 0) is 74.3 Å². The summed E-state index contributed by atoms with van der Waals surface area (Å²) in [6.07, 6.45) is 2.70. The van der Waals surface area contributed by atoms with Crippen molar-refractivity contribution < 1.29 is 14.3 Å². The lowest BCUT2D eigenvalue weighted by atomic mass is 10.0. The fourth-order valence-corrected chi connectivity index (χ4v) is 4.54. The standard InChI is InChI=1S/C25H28N4O4S/c1-16-18(23(31)28-11-3-4-12-28)7-5-8-20(16)26-22(30)17-9-10-19-21(15-17)27-25(34)29(24(19)32)13-6-14-33-2/h5,7-10,15H,3-4,6,11-14H2,1-2H3,(H,26,30)(H,27,34). The van der Waals surface area contributed by atoms with Crippen molar-refractivity contribution in [3.8, 4) is 0 Å². The number of nitrogens with one attached hydrogen (secondary N) is 2. The topological polar surface area (TPSA) is 96.4 Å². The van der Waals surface area contributed by atoms with E-state index in [2.05, 4.69) is 10.3 Å². The van der Waals surface area contributed by atoms with E-state index in [1.165, 1.54) is 4.57 Å². The van der Waals surface area contributed by atoms with Crippen molar-refractivity contribution in [2.45, 2.75) is 32.7 Å². The van der Waals surface area contributed by atoms with Gasteiger partial charge >= 0.3 is 0 Å². The summed E-state index contributed by atoms with van der Waals surface area (Å²) in [4.78, 5) is 43.6. The molecule has 1 saturated heterocycles. The number of nitrogens with zero attached hydrogens (tertiary/aromatic N) is 2. The van der Waals surface area contributed by atoms with Crippen molar-refractivity contribution in [2.75, 3.05) is 32.1 Å². The van der Waals surface area contributed by atoms with Crippen molar-refractivity contribution in [3.05, 3.63) is 68.2 Å². The Bertz CT molecular complexity index is 1360. The fraction of sp³-hybridized carbons (Fsp3) is 0.360. The van der Waals surface area contributed by atoms with Gasteiger partial charge in [-0.25, -0.2) is 0 Å². The Morgan fingerprint density at radius 3 is 2.68 bits per heavy atom. The summed E-state index contributed by atoms with van der Waals surface area (Å²) in [6.45, 7) is 4.35. The Kier molecular flexibility index (Phi) is 7.23. The van der Waals surface area contributed by atoms with Gasteiger partial charge in [-0.15, -0.1) is 0 Å². The van der Waals surface area contributed by atoms with Gasteiger partial charge in [0.05, 0.1) is 10.9 Å². The molecule has 0 spiro atoms. The summed E-state index contributed by atoms with van der Waals surface area (Å²) in [5.74, 6) is -0.342. The van der Waals surface area contributed by atoms with Crippen LogP contribution in [0, 0.1) is 11.7 Å². The van der Waals surface area contributed by atoms with Crippen LogP contribution in [0.1, 0.15) is 45.5 Å². The number of aromatic nitrogens is 2. The summed E-state index contributed by atoms with van der Waals surface area (Å²) in [6, 6.07) is 10.2. The molecule has 34 heavy (non-hydrogen) atoms. The number of rotatable bonds is 7. The van der Waals surface area contributed by atoms with Gasteiger partial charge in [-0.1, -0.05) is 6.07 Å². The molecule has 2 heterocycles. The predicted molar refractivity (Wildman–Crippen MR) is 134 cm³/mol. The second-order valence-electron chi connectivity index (χ2n) is 8.43. The summed E-state index contributed by atoms with van der Waals surface area (Å²) in [7, 11) is 1.61. The smallest absolute Gasteiger partial charge is 0.262 e. The van der Waals surface area contributed by atoms with E-state index in [0.29, 0.717) is 52.1 Å². The molecule has 178 valence electrons. The molecular formula is C25H28N4O4S. The maximum Gasteiger partial charge on any atom is 0.262 e. The minimum atomic E-state index is -0.334. The summed E-state index contributed by atoms with van der Waals surface area (Å²) in [5, 5.41) is 3.36. The lowest BCUT2D eigenvalue weighted by molar-refractivity contribution is 0.0791. The molecule has 0 radical (unpaired) electrons. The lowest BCUT2D eigenvalue weighted by Gasteiger charge is -2.18. The number of carbonyl (C=O) groups is 2. The molecule has 0 bridgehead atoms. The number of likely N-dealkylation sites (tertiary alicyclic amines) is 1. The van der Waals surface area contributed by atoms with Gasteiger partial charge in [0.25, 0.3) is 17.4 Å². The van der Waals surface area contributed by atoms with Crippen molar-refractivity contribution in [3.63, 3.8) is 0 Å². The number of H-pyrrole nitrogens is 1. The number of benzene rings is 2. The quantitative estimate of drug-likeness (QED) is 0.395. The van der Waals surface area contributed by atoms with Crippen LogP contribution in [-0.4, -0.2) is 53.1 Å². The van der Waals surface area contributed by atoms with E-state index in [9.17, 15) is 14.4 Å². The number of methoxy groups -OCH3 is 1. The van der Waals surface area contributed by atoms with E-state index in [-0.39, 0.29) is 17.4 Å². The Morgan fingerprint density at radius 1 is 1.18 bits per heavy atom. The molecule has 0 aliphatic carbocycles. The maximum atomic E-state index is 13.0. The van der Waals surface area contributed by atoms with Crippen LogP contribution in [0.4, 0.5) is 5.69 Å². The molecule has 3 aromatic rings. The minimum Gasteiger partial charge on any atom is -0.385 e. The Labute approximate surface area is 202 Å². The minimum absolute atomic E-state index is 0.00819. The maximum absolute atomic E-state index is 13.0. The zero-order valence-electron chi connectivity index (χ0n) is 19.3. The number of anilines is 1. The highest BCUT2D eigenvalue weighted by molar-refractivity contribution is 7.71. The van der Waals surface area contributed by atoms with Crippen LogP contribution in [0.25, 0.3) is 10.9 Å². The number of hydrogen-bond acceptors (Lipinski definition) is 5. The van der Waals surface area contributed by atoms with Gasteiger partial charge in [-0.3, -0.25) is 19.0 Å². The predicted octanol–water partition coefficient (Wildman–Crippen LogP) is 3.89. The summed E-state index contributed by atoms with van der Waals surface area (Å²) < 4.78 is 6.85. The number of hydrogen-bond donors (Lipinski definition) is 2. The first-order valence-electron chi connectivity index (χ1n) is 11.4. The molecule has 9 heteroatoms. The molecule has 0 atom stereocenters. The van der Waals surface area contributed by atoms with Crippen LogP contribution in [0.15, 0.2) is 41.2 Å². The molecule has 2 aromatic carbocycles. The van der Waals surface area contributed by atoms with E-state index in [4.69, 9.17) is 17.0 Å². The third-order valence-electron chi connectivity index (χ3n) is 6.18. The van der Waals surface area contributed by atoms with E-state index >= 15 is 0 Å². The zero-order valence-corrected chi connectivity index (χ0v) is 20.2. The highest BCUT2D eigenvalue weighted by Gasteiger charge is 2.22. The summed E-state index contributed by atoms with van der Waals surface area (Å²) >= 11 is 5.36. The molecule has 1 aromatic heterocycles. The molecular weight excluding hydrogens is 452 g/mol. The Hall–Kier alpha value is -3.30. The molecule has 2 N–H and O–H groups in total.